The van der Waals surface area contributed by atoms with Crippen LogP contribution in [0.1, 0.15) is 16.1 Å². The smallest absolute Gasteiger partial charge is 0.208 e. The predicted molar refractivity (Wildman–Crippen MR) is 85.0 cm³/mol. The zero-order valence-electron chi connectivity index (χ0n) is 12.3. The molecule has 0 spiro atoms. The van der Waals surface area contributed by atoms with Gasteiger partial charge in [0.25, 0.3) is 0 Å². The van der Waals surface area contributed by atoms with E-state index in [1.807, 2.05) is 6.92 Å². The summed E-state index contributed by atoms with van der Waals surface area (Å²) in [5.41, 5.74) is 4.13. The Hall–Kier alpha value is -1.62. The van der Waals surface area contributed by atoms with E-state index in [1.165, 1.54) is 16.8 Å². The van der Waals surface area contributed by atoms with Gasteiger partial charge in [0.2, 0.25) is 5.13 Å². The number of aryl methyl sites for hydroxylation is 2. The van der Waals surface area contributed by atoms with Crippen molar-refractivity contribution in [1.29, 1.82) is 0 Å². The molecule has 4 nitrogen and oxygen atoms in total. The molecule has 0 aliphatic carbocycles. The highest BCUT2D eigenvalue weighted by Crippen LogP contribution is 2.26. The summed E-state index contributed by atoms with van der Waals surface area (Å²) in [6.07, 6.45) is 0. The van der Waals surface area contributed by atoms with E-state index in [1.54, 1.807) is 11.3 Å². The average Bonchev–Trinajstić information content (AvgIpc) is 2.89. The molecule has 0 bridgehead atoms. The molecule has 106 valence electrons. The predicted octanol–water partition coefficient (Wildman–Crippen LogP) is 2.79. The highest BCUT2D eigenvalue weighted by molar-refractivity contribution is 7.15. The van der Waals surface area contributed by atoms with Crippen molar-refractivity contribution in [3.63, 3.8) is 0 Å². The summed E-state index contributed by atoms with van der Waals surface area (Å²) in [7, 11) is 0. The van der Waals surface area contributed by atoms with Crippen LogP contribution in [0.4, 0.5) is 10.8 Å². The van der Waals surface area contributed by atoms with Crippen LogP contribution in [0.2, 0.25) is 0 Å². The maximum Gasteiger partial charge on any atom is 0.208 e. The number of rotatable bonds is 2. The highest BCUT2D eigenvalue weighted by Gasteiger charge is 2.20. The quantitative estimate of drug-likeness (QED) is 0.850. The maximum absolute atomic E-state index is 4.24. The molecule has 1 aliphatic rings. The van der Waals surface area contributed by atoms with Crippen LogP contribution in [-0.2, 0) is 0 Å². The average molecular weight is 288 g/mol. The first-order chi connectivity index (χ1) is 9.65. The van der Waals surface area contributed by atoms with E-state index in [-0.39, 0.29) is 0 Å². The molecule has 1 aromatic carbocycles. The first-order valence-electron chi connectivity index (χ1n) is 7.01. The van der Waals surface area contributed by atoms with Gasteiger partial charge in [-0.3, -0.25) is 0 Å². The maximum atomic E-state index is 4.24. The van der Waals surface area contributed by atoms with Crippen molar-refractivity contribution >= 4 is 22.2 Å². The lowest BCUT2D eigenvalue weighted by atomic mass is 10.1. The highest BCUT2D eigenvalue weighted by atomic mass is 32.1. The first kappa shape index (κ1) is 13.4. The summed E-state index contributed by atoms with van der Waals surface area (Å²) in [5.74, 6) is 0. The van der Waals surface area contributed by atoms with E-state index in [9.17, 15) is 0 Å². The summed E-state index contributed by atoms with van der Waals surface area (Å²) in [6.45, 7) is 10.5. The second-order valence-corrected chi connectivity index (χ2v) is 6.46. The molecule has 0 amide bonds. The fraction of sp³-hybridized carbons (Fsp3) is 0.467. The second kappa shape index (κ2) is 5.40. The van der Waals surface area contributed by atoms with Crippen molar-refractivity contribution < 1.29 is 0 Å². The molecule has 1 aromatic heterocycles. The normalized spacial score (nSPS) is 15.8. The van der Waals surface area contributed by atoms with Gasteiger partial charge in [-0.25, -0.2) is 0 Å². The number of benzene rings is 1. The third-order valence-corrected chi connectivity index (χ3v) is 4.88. The van der Waals surface area contributed by atoms with Gasteiger partial charge < -0.3 is 9.80 Å². The van der Waals surface area contributed by atoms with Gasteiger partial charge in [-0.1, -0.05) is 23.5 Å². The monoisotopic (exact) mass is 288 g/mol. The first-order valence-corrected chi connectivity index (χ1v) is 7.83. The minimum atomic E-state index is 1.02. The molecule has 1 fully saturated rings. The Balaban J connectivity index is 1.71. The van der Waals surface area contributed by atoms with E-state index in [0.29, 0.717) is 0 Å². The van der Waals surface area contributed by atoms with Crippen molar-refractivity contribution in [3.8, 4) is 0 Å². The molecule has 2 heterocycles. The van der Waals surface area contributed by atoms with Crippen LogP contribution in [0.15, 0.2) is 18.2 Å². The topological polar surface area (TPSA) is 32.3 Å². The lowest BCUT2D eigenvalue weighted by Crippen LogP contribution is -2.46. The molecule has 0 N–H and O–H groups in total. The number of nitrogens with zero attached hydrogens (tertiary/aromatic N) is 4. The molecule has 5 heteroatoms. The van der Waals surface area contributed by atoms with Crippen LogP contribution in [0.3, 0.4) is 0 Å². The van der Waals surface area contributed by atoms with Gasteiger partial charge in [0, 0.05) is 31.9 Å². The second-order valence-electron chi connectivity index (χ2n) is 5.30. The van der Waals surface area contributed by atoms with Crippen LogP contribution >= 0.6 is 11.3 Å². The Labute approximate surface area is 124 Å². The van der Waals surface area contributed by atoms with E-state index < -0.39 is 0 Å². The molecule has 0 unspecified atom stereocenters. The molecule has 1 aliphatic heterocycles. The zero-order chi connectivity index (χ0) is 14.1. The molecule has 0 saturated carbocycles. The molecule has 1 saturated heterocycles. The molecule has 0 radical (unpaired) electrons. The van der Waals surface area contributed by atoms with Gasteiger partial charge in [-0.05, 0) is 38.0 Å². The van der Waals surface area contributed by atoms with Crippen molar-refractivity contribution in [2.75, 3.05) is 36.0 Å². The van der Waals surface area contributed by atoms with Crippen molar-refractivity contribution in [1.82, 2.24) is 10.2 Å². The Morgan fingerprint density at radius 1 is 0.950 bits per heavy atom. The van der Waals surface area contributed by atoms with E-state index in [0.717, 1.165) is 36.3 Å². The number of hydrogen-bond donors (Lipinski definition) is 0. The fourth-order valence-corrected chi connectivity index (χ4v) is 3.37. The summed E-state index contributed by atoms with van der Waals surface area (Å²) in [6, 6.07) is 6.56. The Morgan fingerprint density at radius 3 is 2.30 bits per heavy atom. The lowest BCUT2D eigenvalue weighted by Gasteiger charge is -2.36. The summed E-state index contributed by atoms with van der Waals surface area (Å²) in [4.78, 5) is 4.82. The third kappa shape index (κ3) is 2.50. The van der Waals surface area contributed by atoms with Gasteiger partial charge in [0.1, 0.15) is 5.01 Å². The van der Waals surface area contributed by atoms with Crippen molar-refractivity contribution in [2.24, 2.45) is 0 Å². The number of aromatic nitrogens is 2. The lowest BCUT2D eigenvalue weighted by molar-refractivity contribution is 0.648. The van der Waals surface area contributed by atoms with Gasteiger partial charge in [-0.2, -0.15) is 0 Å². The van der Waals surface area contributed by atoms with Crippen LogP contribution in [-0.4, -0.2) is 36.4 Å². The largest absolute Gasteiger partial charge is 0.368 e. The number of anilines is 2. The summed E-state index contributed by atoms with van der Waals surface area (Å²) in [5, 5.41) is 10.5. The van der Waals surface area contributed by atoms with Crippen LogP contribution in [0.25, 0.3) is 0 Å². The SMILES string of the molecule is Cc1nnc(N2CCN(c3cccc(C)c3C)CC2)s1. The van der Waals surface area contributed by atoms with Crippen LogP contribution in [0, 0.1) is 20.8 Å². The Morgan fingerprint density at radius 2 is 1.65 bits per heavy atom. The van der Waals surface area contributed by atoms with E-state index in [2.05, 4.69) is 52.0 Å². The van der Waals surface area contributed by atoms with E-state index in [4.69, 9.17) is 0 Å². The van der Waals surface area contributed by atoms with Gasteiger partial charge in [-0.15, -0.1) is 10.2 Å². The third-order valence-electron chi connectivity index (χ3n) is 3.98. The van der Waals surface area contributed by atoms with Crippen LogP contribution < -0.4 is 9.80 Å². The van der Waals surface area contributed by atoms with Crippen molar-refractivity contribution in [2.45, 2.75) is 20.8 Å². The van der Waals surface area contributed by atoms with Gasteiger partial charge >= 0.3 is 0 Å². The minimum Gasteiger partial charge on any atom is -0.368 e. The van der Waals surface area contributed by atoms with Crippen molar-refractivity contribution in [3.05, 3.63) is 34.3 Å². The Kier molecular flexibility index (Phi) is 3.61. The molecular weight excluding hydrogens is 268 g/mol. The fourth-order valence-electron chi connectivity index (χ4n) is 2.63. The summed E-state index contributed by atoms with van der Waals surface area (Å²) >= 11 is 1.68. The van der Waals surface area contributed by atoms with Gasteiger partial charge in [0.15, 0.2) is 0 Å². The summed E-state index contributed by atoms with van der Waals surface area (Å²) < 4.78 is 0. The standard InChI is InChI=1S/C15H20N4S/c1-11-5-4-6-14(12(11)2)18-7-9-19(10-8-18)15-17-16-13(3)20-15/h4-6H,7-10H2,1-3H3. The number of hydrogen-bond acceptors (Lipinski definition) is 5. The minimum absolute atomic E-state index is 1.02. The number of piperazine rings is 1. The van der Waals surface area contributed by atoms with Gasteiger partial charge in [0.05, 0.1) is 0 Å². The van der Waals surface area contributed by atoms with Crippen LogP contribution in [0.5, 0.6) is 0 Å². The zero-order valence-corrected chi connectivity index (χ0v) is 13.1. The molecular formula is C15H20N4S. The molecule has 20 heavy (non-hydrogen) atoms. The molecule has 3 rings (SSSR count). The Bertz CT molecular complexity index is 600. The molecule has 0 atom stereocenters. The van der Waals surface area contributed by atoms with E-state index >= 15 is 0 Å². The molecule has 2 aromatic rings.